The number of esters is 1. The van der Waals surface area contributed by atoms with Crippen molar-refractivity contribution in [1.29, 1.82) is 5.26 Å². The number of fused-ring (bicyclic) bond motifs is 1. The maximum Gasteiger partial charge on any atom is 0.306 e. The van der Waals surface area contributed by atoms with Gasteiger partial charge in [0.2, 0.25) is 0 Å². The van der Waals surface area contributed by atoms with Crippen LogP contribution in [0.1, 0.15) is 50.8 Å². The van der Waals surface area contributed by atoms with E-state index in [4.69, 9.17) is 4.74 Å². The molecule has 6 heteroatoms. The number of H-pyrrole nitrogens is 1. The molecule has 4 fully saturated rings. The summed E-state index contributed by atoms with van der Waals surface area (Å²) < 4.78 is 5.38. The van der Waals surface area contributed by atoms with Gasteiger partial charge in [-0.05, 0) is 73.8 Å². The van der Waals surface area contributed by atoms with Crippen molar-refractivity contribution in [1.82, 2.24) is 9.97 Å². The van der Waals surface area contributed by atoms with Crippen LogP contribution >= 0.6 is 0 Å². The number of rotatable bonds is 5. The second-order valence-corrected chi connectivity index (χ2v) is 9.29. The Morgan fingerprint density at radius 1 is 1.21 bits per heavy atom. The molecule has 4 aliphatic rings. The van der Waals surface area contributed by atoms with E-state index >= 15 is 0 Å². The zero-order valence-corrected chi connectivity index (χ0v) is 16.4. The van der Waals surface area contributed by atoms with Gasteiger partial charge in [-0.2, -0.15) is 5.26 Å². The second kappa shape index (κ2) is 6.91. The summed E-state index contributed by atoms with van der Waals surface area (Å²) in [5.74, 6) is 2.07. The van der Waals surface area contributed by atoms with Crippen LogP contribution in [0, 0.1) is 34.5 Å². The lowest BCUT2D eigenvalue weighted by Crippen LogP contribution is -2.47. The number of imidazole rings is 1. The highest BCUT2D eigenvalue weighted by Gasteiger charge is 2.51. The van der Waals surface area contributed by atoms with E-state index in [1.165, 1.54) is 19.3 Å². The Labute approximate surface area is 169 Å². The third-order valence-corrected chi connectivity index (χ3v) is 7.08. The van der Waals surface area contributed by atoms with E-state index in [0.29, 0.717) is 11.9 Å². The van der Waals surface area contributed by atoms with Crippen LogP contribution in [0.2, 0.25) is 0 Å². The summed E-state index contributed by atoms with van der Waals surface area (Å²) in [5, 5.41) is 19.9. The van der Waals surface area contributed by atoms with E-state index in [0.717, 1.165) is 42.5 Å². The maximum absolute atomic E-state index is 12.6. The lowest BCUT2D eigenvalue weighted by atomic mass is 9.49. The monoisotopic (exact) mass is 391 g/mol. The van der Waals surface area contributed by atoms with Crippen molar-refractivity contribution in [2.75, 3.05) is 6.61 Å². The van der Waals surface area contributed by atoms with Crippen LogP contribution in [0.15, 0.2) is 30.0 Å². The van der Waals surface area contributed by atoms with Crippen LogP contribution in [-0.2, 0) is 9.53 Å². The summed E-state index contributed by atoms with van der Waals surface area (Å²) >= 11 is 0. The number of ether oxygens (including phenoxy) is 1. The number of carbonyl (C=O) groups is 1. The topological polar surface area (TPSA) is 99.0 Å². The summed E-state index contributed by atoms with van der Waals surface area (Å²) in [4.78, 5) is 19.9. The number of nitrogens with one attached hydrogen (secondary N) is 1. The van der Waals surface area contributed by atoms with Crippen molar-refractivity contribution in [2.24, 2.45) is 23.2 Å². The van der Waals surface area contributed by atoms with E-state index in [2.05, 4.69) is 9.97 Å². The molecule has 4 aliphatic carbocycles. The number of aliphatic hydroxyl groups is 1. The third-order valence-electron chi connectivity index (χ3n) is 7.08. The van der Waals surface area contributed by atoms with E-state index in [-0.39, 0.29) is 35.1 Å². The number of para-hydroxylation sites is 2. The number of hydrogen-bond acceptors (Lipinski definition) is 5. The first-order valence-corrected chi connectivity index (χ1v) is 10.5. The first kappa shape index (κ1) is 18.2. The molecule has 1 aromatic carbocycles. The molecule has 1 heterocycles. The van der Waals surface area contributed by atoms with Gasteiger partial charge in [0, 0.05) is 0 Å². The molecule has 6 nitrogen and oxygen atoms in total. The Morgan fingerprint density at radius 3 is 2.48 bits per heavy atom. The Hall–Kier alpha value is -2.81. The van der Waals surface area contributed by atoms with Crippen LogP contribution in [0.3, 0.4) is 0 Å². The Balaban J connectivity index is 1.26. The van der Waals surface area contributed by atoms with Gasteiger partial charge in [0.25, 0.3) is 0 Å². The van der Waals surface area contributed by atoms with Gasteiger partial charge in [-0.3, -0.25) is 4.79 Å². The predicted molar refractivity (Wildman–Crippen MR) is 107 cm³/mol. The van der Waals surface area contributed by atoms with E-state index in [1.54, 1.807) is 0 Å². The number of aromatic amines is 1. The molecule has 4 bridgehead atoms. The fourth-order valence-electron chi connectivity index (χ4n) is 6.41. The molecular weight excluding hydrogens is 366 g/mol. The molecule has 2 aromatic rings. The molecule has 6 rings (SSSR count). The van der Waals surface area contributed by atoms with Gasteiger partial charge in [-0.25, -0.2) is 4.98 Å². The lowest BCUT2D eigenvalue weighted by Gasteiger charge is -2.56. The first-order valence-electron chi connectivity index (χ1n) is 10.5. The van der Waals surface area contributed by atoms with Crippen molar-refractivity contribution in [2.45, 2.75) is 44.9 Å². The Morgan fingerprint density at radius 2 is 1.86 bits per heavy atom. The van der Waals surface area contributed by atoms with E-state index in [1.807, 2.05) is 30.3 Å². The Kier molecular flexibility index (Phi) is 4.34. The van der Waals surface area contributed by atoms with Crippen molar-refractivity contribution < 1.29 is 14.6 Å². The number of nitrogens with zero attached hydrogens (tertiary/aromatic N) is 2. The van der Waals surface area contributed by atoms with Crippen molar-refractivity contribution >= 4 is 22.6 Å². The molecule has 4 saturated carbocycles. The minimum atomic E-state index is -0.300. The Bertz CT molecular complexity index is 961. The van der Waals surface area contributed by atoms with Gasteiger partial charge in [0.05, 0.1) is 17.5 Å². The number of hydrogen-bond donors (Lipinski definition) is 2. The zero-order valence-electron chi connectivity index (χ0n) is 16.4. The summed E-state index contributed by atoms with van der Waals surface area (Å²) in [7, 11) is 0. The van der Waals surface area contributed by atoms with Gasteiger partial charge in [-0.1, -0.05) is 12.1 Å². The van der Waals surface area contributed by atoms with Gasteiger partial charge < -0.3 is 14.8 Å². The van der Waals surface area contributed by atoms with Crippen LogP contribution in [-0.4, -0.2) is 27.7 Å². The zero-order chi connectivity index (χ0) is 20.0. The molecule has 0 unspecified atom stereocenters. The average Bonchev–Trinajstić information content (AvgIpc) is 3.09. The third kappa shape index (κ3) is 3.39. The molecule has 0 spiro atoms. The van der Waals surface area contributed by atoms with Crippen LogP contribution in [0.4, 0.5) is 0 Å². The molecule has 0 aliphatic heterocycles. The number of aliphatic hydroxyl groups excluding tert-OH is 1. The lowest BCUT2D eigenvalue weighted by molar-refractivity contribution is -0.151. The fourth-order valence-corrected chi connectivity index (χ4v) is 6.41. The minimum Gasteiger partial charge on any atom is -0.507 e. The van der Waals surface area contributed by atoms with Crippen LogP contribution in [0.25, 0.3) is 16.6 Å². The van der Waals surface area contributed by atoms with E-state index in [9.17, 15) is 15.2 Å². The van der Waals surface area contributed by atoms with Crippen molar-refractivity contribution in [3.8, 4) is 6.07 Å². The molecule has 2 N–H and O–H groups in total. The molecule has 150 valence electrons. The van der Waals surface area contributed by atoms with Gasteiger partial charge >= 0.3 is 5.97 Å². The highest BCUT2D eigenvalue weighted by molar-refractivity contribution is 5.83. The fraction of sp³-hybridized carbons (Fsp3) is 0.522. The van der Waals surface area contributed by atoms with Gasteiger partial charge in [0.15, 0.2) is 11.6 Å². The van der Waals surface area contributed by atoms with E-state index < -0.39 is 0 Å². The smallest absolute Gasteiger partial charge is 0.306 e. The number of allylic oxidation sites excluding steroid dienone is 1. The SMILES string of the molecule is N#CC(=C(O)COC(=O)CC12CC3CC(CC(C3)C1)C2)c1nc2ccccc2[nH]1. The van der Waals surface area contributed by atoms with Crippen LogP contribution < -0.4 is 0 Å². The van der Waals surface area contributed by atoms with Gasteiger partial charge in [-0.15, -0.1) is 0 Å². The van der Waals surface area contributed by atoms with Crippen molar-refractivity contribution in [3.63, 3.8) is 0 Å². The quantitative estimate of drug-likeness (QED) is 0.444. The number of aromatic nitrogens is 2. The van der Waals surface area contributed by atoms with Gasteiger partial charge in [0.1, 0.15) is 18.2 Å². The summed E-state index contributed by atoms with van der Waals surface area (Å²) in [5.41, 5.74) is 1.59. The number of benzene rings is 1. The predicted octanol–water partition coefficient (Wildman–Crippen LogP) is 4.51. The second-order valence-electron chi connectivity index (χ2n) is 9.29. The van der Waals surface area contributed by atoms with Crippen molar-refractivity contribution in [3.05, 3.63) is 35.8 Å². The van der Waals surface area contributed by atoms with Crippen LogP contribution in [0.5, 0.6) is 0 Å². The highest BCUT2D eigenvalue weighted by Crippen LogP contribution is 2.61. The summed E-state index contributed by atoms with van der Waals surface area (Å²) in [6.45, 7) is -0.300. The largest absolute Gasteiger partial charge is 0.507 e. The molecule has 0 saturated heterocycles. The summed E-state index contributed by atoms with van der Waals surface area (Å²) in [6.07, 6.45) is 7.84. The molecule has 29 heavy (non-hydrogen) atoms. The normalized spacial score (nSPS) is 30.8. The highest BCUT2D eigenvalue weighted by atomic mass is 16.5. The minimum absolute atomic E-state index is 0.00352. The molecule has 0 radical (unpaired) electrons. The summed E-state index contributed by atoms with van der Waals surface area (Å²) in [6, 6.07) is 9.37. The molecule has 0 amide bonds. The molecule has 0 atom stereocenters. The average molecular weight is 391 g/mol. The molecular formula is C23H25N3O3. The number of nitriles is 1. The number of carbonyl (C=O) groups excluding carboxylic acids is 1. The first-order chi connectivity index (χ1) is 14.0. The maximum atomic E-state index is 12.6. The molecule has 1 aromatic heterocycles. The standard InChI is InChI=1S/C23H25N3O3/c24-12-17(22-25-18-3-1-2-4-19(18)26-22)20(27)13-29-21(28)11-23-8-14-5-15(9-23)7-16(6-14)10-23/h1-4,14-16,27H,5-11,13H2,(H,25,26).